The van der Waals surface area contributed by atoms with Crippen LogP contribution in [0.5, 0.6) is 0 Å². The predicted octanol–water partition coefficient (Wildman–Crippen LogP) is 0.478. The van der Waals surface area contributed by atoms with E-state index in [2.05, 4.69) is 0 Å². The molecule has 3 rings (SSSR count). The van der Waals surface area contributed by atoms with Gasteiger partial charge in [0, 0.05) is 39.1 Å². The molecule has 1 aliphatic heterocycles. The molecule has 136 valence electrons. The fourth-order valence-electron chi connectivity index (χ4n) is 3.07. The summed E-state index contributed by atoms with van der Waals surface area (Å²) in [7, 11) is -3.24. The van der Waals surface area contributed by atoms with E-state index in [0.29, 0.717) is 43.7 Å². The first-order valence-corrected chi connectivity index (χ1v) is 10.0. The zero-order chi connectivity index (χ0) is 18.0. The Morgan fingerprint density at radius 3 is 2.68 bits per heavy atom. The van der Waals surface area contributed by atoms with Crippen molar-refractivity contribution in [2.75, 3.05) is 32.4 Å². The monoisotopic (exact) mass is 367 g/mol. The van der Waals surface area contributed by atoms with Gasteiger partial charge in [-0.2, -0.15) is 0 Å². The van der Waals surface area contributed by atoms with E-state index in [1.54, 1.807) is 23.1 Å². The molecule has 0 aliphatic carbocycles. The van der Waals surface area contributed by atoms with Gasteiger partial charge in [-0.05, 0) is 18.6 Å². The maximum atomic E-state index is 12.5. The van der Waals surface area contributed by atoms with E-state index >= 15 is 0 Å². The number of sulfonamides is 1. The van der Waals surface area contributed by atoms with E-state index in [-0.39, 0.29) is 18.9 Å². The number of aromatic nitrogens is 1. The van der Waals surface area contributed by atoms with Crippen molar-refractivity contribution in [2.24, 2.45) is 0 Å². The second kappa shape index (κ2) is 7.01. The van der Waals surface area contributed by atoms with Crippen LogP contribution in [0.2, 0.25) is 0 Å². The number of fused-ring (bicyclic) bond motifs is 1. The second-order valence-electron chi connectivity index (χ2n) is 6.13. The summed E-state index contributed by atoms with van der Waals surface area (Å²) < 4.78 is 31.3. The highest BCUT2D eigenvalue weighted by Crippen LogP contribution is 2.13. The minimum Gasteiger partial charge on any atom is -0.408 e. The Morgan fingerprint density at radius 2 is 1.92 bits per heavy atom. The Hall–Kier alpha value is -2.13. The van der Waals surface area contributed by atoms with Crippen molar-refractivity contribution in [3.05, 3.63) is 34.8 Å². The third-order valence-corrected chi connectivity index (χ3v) is 5.70. The van der Waals surface area contributed by atoms with Crippen LogP contribution < -0.4 is 5.76 Å². The normalized spacial score (nSPS) is 16.9. The maximum absolute atomic E-state index is 12.5. The van der Waals surface area contributed by atoms with Gasteiger partial charge in [-0.25, -0.2) is 17.5 Å². The Bertz CT molecular complexity index is 931. The molecule has 1 aromatic carbocycles. The number of carbonyl (C=O) groups excluding carboxylic acids is 1. The molecule has 25 heavy (non-hydrogen) atoms. The highest BCUT2D eigenvalue weighted by atomic mass is 32.2. The van der Waals surface area contributed by atoms with Crippen LogP contribution in [-0.4, -0.2) is 60.5 Å². The molecule has 0 N–H and O–H groups in total. The molecule has 2 aromatic rings. The number of oxazole rings is 1. The molecule has 1 aliphatic rings. The third-order valence-electron chi connectivity index (χ3n) is 4.40. The highest BCUT2D eigenvalue weighted by molar-refractivity contribution is 7.88. The number of amides is 1. The van der Waals surface area contributed by atoms with Gasteiger partial charge in [-0.1, -0.05) is 12.1 Å². The van der Waals surface area contributed by atoms with E-state index < -0.39 is 15.8 Å². The van der Waals surface area contributed by atoms with Gasteiger partial charge in [-0.15, -0.1) is 0 Å². The molecule has 0 radical (unpaired) electrons. The molecule has 0 bridgehead atoms. The van der Waals surface area contributed by atoms with Gasteiger partial charge in [0.05, 0.1) is 11.8 Å². The molecule has 0 spiro atoms. The molecule has 1 saturated heterocycles. The van der Waals surface area contributed by atoms with E-state index in [9.17, 15) is 18.0 Å². The predicted molar refractivity (Wildman–Crippen MR) is 92.7 cm³/mol. The van der Waals surface area contributed by atoms with Crippen LogP contribution in [0.1, 0.15) is 12.8 Å². The summed E-state index contributed by atoms with van der Waals surface area (Å²) in [5.74, 6) is -0.569. The fourth-order valence-corrected chi connectivity index (χ4v) is 3.94. The number of nitrogens with zero attached hydrogens (tertiary/aromatic N) is 3. The minimum absolute atomic E-state index is 0.0902. The van der Waals surface area contributed by atoms with Crippen molar-refractivity contribution in [3.8, 4) is 0 Å². The summed E-state index contributed by atoms with van der Waals surface area (Å²) in [6.07, 6.45) is 1.95. The van der Waals surface area contributed by atoms with Crippen LogP contribution in [-0.2, 0) is 21.4 Å². The largest absolute Gasteiger partial charge is 0.419 e. The standard InChI is InChI=1S/C16H21N3O5S/c1-25(22,23)18-9-4-8-17(11-12-18)15(20)7-10-19-13-5-2-3-6-14(13)24-16(19)21/h2-3,5-6H,4,7-12H2,1H3. The van der Waals surface area contributed by atoms with Crippen LogP contribution in [0.25, 0.3) is 11.1 Å². The summed E-state index contributed by atoms with van der Waals surface area (Å²) in [6, 6.07) is 7.08. The highest BCUT2D eigenvalue weighted by Gasteiger charge is 2.23. The molecule has 2 heterocycles. The van der Waals surface area contributed by atoms with Crippen LogP contribution >= 0.6 is 0 Å². The molecule has 9 heteroatoms. The Labute approximate surface area is 145 Å². The van der Waals surface area contributed by atoms with Crippen molar-refractivity contribution in [3.63, 3.8) is 0 Å². The zero-order valence-electron chi connectivity index (χ0n) is 14.1. The Balaban J connectivity index is 1.64. The lowest BCUT2D eigenvalue weighted by molar-refractivity contribution is -0.131. The van der Waals surface area contributed by atoms with Gasteiger partial charge in [0.15, 0.2) is 5.58 Å². The number of hydrogen-bond acceptors (Lipinski definition) is 5. The van der Waals surface area contributed by atoms with Gasteiger partial charge in [-0.3, -0.25) is 9.36 Å². The lowest BCUT2D eigenvalue weighted by atomic mass is 10.3. The van der Waals surface area contributed by atoms with Gasteiger partial charge in [0.2, 0.25) is 15.9 Å². The molecule has 0 atom stereocenters. The van der Waals surface area contributed by atoms with E-state index in [1.807, 2.05) is 6.07 Å². The number of rotatable bonds is 4. The van der Waals surface area contributed by atoms with Crippen molar-refractivity contribution in [2.45, 2.75) is 19.4 Å². The molecule has 0 unspecified atom stereocenters. The number of aryl methyl sites for hydroxylation is 1. The van der Waals surface area contributed by atoms with Crippen LogP contribution in [0.15, 0.2) is 33.5 Å². The molecule has 1 amide bonds. The molecule has 0 saturated carbocycles. The van der Waals surface area contributed by atoms with Gasteiger partial charge < -0.3 is 9.32 Å². The smallest absolute Gasteiger partial charge is 0.408 e. The fraction of sp³-hybridized carbons (Fsp3) is 0.500. The Kier molecular flexibility index (Phi) is 4.96. The summed E-state index contributed by atoms with van der Waals surface area (Å²) in [6.45, 7) is 1.85. The first-order valence-electron chi connectivity index (χ1n) is 8.17. The summed E-state index contributed by atoms with van der Waals surface area (Å²) in [5, 5.41) is 0. The lowest BCUT2D eigenvalue weighted by Gasteiger charge is -2.21. The van der Waals surface area contributed by atoms with Crippen LogP contribution in [0, 0.1) is 0 Å². The summed E-state index contributed by atoms with van der Waals surface area (Å²) >= 11 is 0. The van der Waals surface area contributed by atoms with Crippen LogP contribution in [0.3, 0.4) is 0 Å². The maximum Gasteiger partial charge on any atom is 0.419 e. The summed E-state index contributed by atoms with van der Waals surface area (Å²) in [4.78, 5) is 26.1. The third kappa shape index (κ3) is 3.93. The topological polar surface area (TPSA) is 92.8 Å². The van der Waals surface area contributed by atoms with Crippen molar-refractivity contribution in [1.82, 2.24) is 13.8 Å². The van der Waals surface area contributed by atoms with Gasteiger partial charge in [0.1, 0.15) is 0 Å². The van der Waals surface area contributed by atoms with Gasteiger partial charge in [0.25, 0.3) is 0 Å². The first-order chi connectivity index (χ1) is 11.9. The van der Waals surface area contributed by atoms with Crippen molar-refractivity contribution < 1.29 is 17.6 Å². The number of benzene rings is 1. The van der Waals surface area contributed by atoms with Crippen molar-refractivity contribution >= 4 is 27.0 Å². The van der Waals surface area contributed by atoms with E-state index in [1.165, 1.54) is 15.1 Å². The number of para-hydroxylation sites is 2. The van der Waals surface area contributed by atoms with E-state index in [0.717, 1.165) is 0 Å². The second-order valence-corrected chi connectivity index (χ2v) is 8.12. The molecular weight excluding hydrogens is 346 g/mol. The quantitative estimate of drug-likeness (QED) is 0.784. The number of hydrogen-bond donors (Lipinski definition) is 0. The van der Waals surface area contributed by atoms with Crippen LogP contribution in [0.4, 0.5) is 0 Å². The molecule has 1 fully saturated rings. The average Bonchev–Trinajstić information content (AvgIpc) is 2.74. The molecule has 8 nitrogen and oxygen atoms in total. The first kappa shape index (κ1) is 17.7. The average molecular weight is 367 g/mol. The van der Waals surface area contributed by atoms with Gasteiger partial charge >= 0.3 is 5.76 Å². The molecular formula is C16H21N3O5S. The SMILES string of the molecule is CS(=O)(=O)N1CCCN(C(=O)CCn2c(=O)oc3ccccc32)CC1. The van der Waals surface area contributed by atoms with Crippen molar-refractivity contribution in [1.29, 1.82) is 0 Å². The van der Waals surface area contributed by atoms with E-state index in [4.69, 9.17) is 4.42 Å². The molecule has 1 aromatic heterocycles. The number of carbonyl (C=O) groups is 1. The zero-order valence-corrected chi connectivity index (χ0v) is 14.9. The summed E-state index contributed by atoms with van der Waals surface area (Å²) in [5.41, 5.74) is 1.16. The lowest BCUT2D eigenvalue weighted by Crippen LogP contribution is -2.37. The Morgan fingerprint density at radius 1 is 1.16 bits per heavy atom. The minimum atomic E-state index is -3.24.